The zero-order chi connectivity index (χ0) is 25.6. The van der Waals surface area contributed by atoms with Gasteiger partial charge in [0.05, 0.1) is 9.79 Å². The van der Waals surface area contributed by atoms with Gasteiger partial charge in [-0.05, 0) is 36.4 Å². The standard InChI is InChI=1S/C25H27N3O5S3/c29-25(26-16-19-34-21-10-4-1-5-11-21)24-20-27(35(30,31)22-12-6-2-7-13-22)17-18-28(24)36(32,33)23-14-8-3-9-15-23/h1-15,24H,16-20H2,(H,26,29). The van der Waals surface area contributed by atoms with Crippen LogP contribution in [0.4, 0.5) is 0 Å². The Hall–Kier alpha value is -2.70. The molecule has 1 atom stereocenters. The predicted molar refractivity (Wildman–Crippen MR) is 139 cm³/mol. The van der Waals surface area contributed by atoms with Crippen LogP contribution < -0.4 is 5.32 Å². The fourth-order valence-electron chi connectivity index (χ4n) is 3.91. The van der Waals surface area contributed by atoms with E-state index in [9.17, 15) is 21.6 Å². The number of benzene rings is 3. The van der Waals surface area contributed by atoms with E-state index >= 15 is 0 Å². The molecule has 1 unspecified atom stereocenters. The minimum atomic E-state index is -4.02. The summed E-state index contributed by atoms with van der Waals surface area (Å²) in [5.41, 5.74) is 0. The molecule has 8 nitrogen and oxygen atoms in total. The molecular weight excluding hydrogens is 518 g/mol. The molecule has 36 heavy (non-hydrogen) atoms. The van der Waals surface area contributed by atoms with Crippen LogP contribution in [0.3, 0.4) is 0 Å². The fourth-order valence-corrected chi connectivity index (χ4v) is 7.75. The summed E-state index contributed by atoms with van der Waals surface area (Å²) in [5, 5.41) is 2.80. The Balaban J connectivity index is 1.54. The second kappa shape index (κ2) is 11.6. The Bertz CT molecular complexity index is 1370. The summed E-state index contributed by atoms with van der Waals surface area (Å²) in [6.07, 6.45) is 0. The van der Waals surface area contributed by atoms with E-state index in [-0.39, 0.29) is 29.4 Å². The Morgan fingerprint density at radius 1 is 0.778 bits per heavy atom. The molecule has 0 radical (unpaired) electrons. The van der Waals surface area contributed by atoms with E-state index in [4.69, 9.17) is 0 Å². The van der Waals surface area contributed by atoms with Crippen molar-refractivity contribution < 1.29 is 21.6 Å². The molecule has 0 bridgehead atoms. The smallest absolute Gasteiger partial charge is 0.243 e. The minimum Gasteiger partial charge on any atom is -0.354 e. The third-order valence-electron chi connectivity index (χ3n) is 5.74. The third-order valence-corrected chi connectivity index (χ3v) is 10.6. The fraction of sp³-hybridized carbons (Fsp3) is 0.240. The lowest BCUT2D eigenvalue weighted by Crippen LogP contribution is -2.61. The molecule has 190 valence electrons. The summed E-state index contributed by atoms with van der Waals surface area (Å²) in [6.45, 7) is -0.169. The van der Waals surface area contributed by atoms with Crippen LogP contribution in [-0.4, -0.2) is 69.3 Å². The molecule has 3 aromatic carbocycles. The molecular formula is C25H27N3O5S3. The molecule has 0 aliphatic carbocycles. The lowest BCUT2D eigenvalue weighted by molar-refractivity contribution is -0.125. The van der Waals surface area contributed by atoms with Crippen LogP contribution >= 0.6 is 11.8 Å². The number of carbonyl (C=O) groups excluding carboxylic acids is 1. The summed E-state index contributed by atoms with van der Waals surface area (Å²) in [4.78, 5) is 14.5. The highest BCUT2D eigenvalue weighted by Gasteiger charge is 2.43. The SMILES string of the molecule is O=C(NCCSc1ccccc1)C1CN(S(=O)(=O)c2ccccc2)CCN1S(=O)(=O)c1ccccc1. The largest absolute Gasteiger partial charge is 0.354 e. The minimum absolute atomic E-state index is 0.0572. The van der Waals surface area contributed by atoms with Crippen molar-refractivity contribution in [2.75, 3.05) is 31.9 Å². The van der Waals surface area contributed by atoms with E-state index in [0.29, 0.717) is 12.3 Å². The van der Waals surface area contributed by atoms with E-state index in [0.717, 1.165) is 9.20 Å². The zero-order valence-electron chi connectivity index (χ0n) is 19.4. The van der Waals surface area contributed by atoms with Crippen LogP contribution in [0.1, 0.15) is 0 Å². The second-order valence-corrected chi connectivity index (χ2v) is 13.1. The quantitative estimate of drug-likeness (QED) is 0.328. The van der Waals surface area contributed by atoms with Gasteiger partial charge in [-0.15, -0.1) is 11.8 Å². The number of nitrogens with zero attached hydrogens (tertiary/aromatic N) is 2. The maximum absolute atomic E-state index is 13.4. The van der Waals surface area contributed by atoms with Crippen LogP contribution in [0.5, 0.6) is 0 Å². The first-order valence-electron chi connectivity index (χ1n) is 11.4. The summed E-state index contributed by atoms with van der Waals surface area (Å²) >= 11 is 1.56. The molecule has 1 amide bonds. The van der Waals surface area contributed by atoms with Crippen molar-refractivity contribution in [2.24, 2.45) is 0 Å². The molecule has 1 heterocycles. The predicted octanol–water partition coefficient (Wildman–Crippen LogP) is 2.66. The molecule has 11 heteroatoms. The van der Waals surface area contributed by atoms with Gasteiger partial charge >= 0.3 is 0 Å². The summed E-state index contributed by atoms with van der Waals surface area (Å²) in [6, 6.07) is 24.3. The Labute approximate surface area is 216 Å². The highest BCUT2D eigenvalue weighted by molar-refractivity contribution is 7.99. The molecule has 0 aromatic heterocycles. The lowest BCUT2D eigenvalue weighted by atomic mass is 10.2. The van der Waals surface area contributed by atoms with Crippen molar-refractivity contribution in [1.29, 1.82) is 0 Å². The number of carbonyl (C=O) groups is 1. The third kappa shape index (κ3) is 5.98. The number of sulfonamides is 2. The first-order chi connectivity index (χ1) is 17.3. The maximum atomic E-state index is 13.4. The maximum Gasteiger partial charge on any atom is 0.243 e. The number of hydrogen-bond donors (Lipinski definition) is 1. The van der Waals surface area contributed by atoms with Gasteiger partial charge in [0.25, 0.3) is 0 Å². The highest BCUT2D eigenvalue weighted by Crippen LogP contribution is 2.25. The van der Waals surface area contributed by atoms with Crippen molar-refractivity contribution in [3.8, 4) is 0 Å². The van der Waals surface area contributed by atoms with Gasteiger partial charge in [-0.3, -0.25) is 4.79 Å². The Kier molecular flexibility index (Phi) is 8.47. The first-order valence-corrected chi connectivity index (χ1v) is 15.2. The van der Waals surface area contributed by atoms with Gasteiger partial charge in [0.2, 0.25) is 26.0 Å². The van der Waals surface area contributed by atoms with E-state index in [1.807, 2.05) is 30.3 Å². The Morgan fingerprint density at radius 3 is 1.89 bits per heavy atom. The molecule has 3 aromatic rings. The lowest BCUT2D eigenvalue weighted by Gasteiger charge is -2.38. The van der Waals surface area contributed by atoms with Gasteiger partial charge < -0.3 is 5.32 Å². The van der Waals surface area contributed by atoms with Crippen LogP contribution in [0, 0.1) is 0 Å². The number of nitrogens with one attached hydrogen (secondary N) is 1. The van der Waals surface area contributed by atoms with Crippen LogP contribution in [0.2, 0.25) is 0 Å². The normalized spacial score (nSPS) is 17.5. The number of thioether (sulfide) groups is 1. The number of amides is 1. The van der Waals surface area contributed by atoms with Gasteiger partial charge in [-0.1, -0.05) is 54.6 Å². The van der Waals surface area contributed by atoms with Gasteiger partial charge in [-0.25, -0.2) is 16.8 Å². The van der Waals surface area contributed by atoms with E-state index in [2.05, 4.69) is 5.32 Å². The molecule has 1 N–H and O–H groups in total. The first kappa shape index (κ1) is 26.4. The molecule has 1 saturated heterocycles. The van der Waals surface area contributed by atoms with Gasteiger partial charge in [-0.2, -0.15) is 8.61 Å². The van der Waals surface area contributed by atoms with Crippen LogP contribution in [0.15, 0.2) is 106 Å². The highest BCUT2D eigenvalue weighted by atomic mass is 32.2. The molecule has 4 rings (SSSR count). The number of hydrogen-bond acceptors (Lipinski definition) is 6. The second-order valence-electron chi connectivity index (χ2n) is 8.07. The van der Waals surface area contributed by atoms with Crippen molar-refractivity contribution >= 4 is 37.7 Å². The molecule has 1 aliphatic heterocycles. The van der Waals surface area contributed by atoms with Crippen molar-refractivity contribution in [2.45, 2.75) is 20.7 Å². The average molecular weight is 546 g/mol. The Morgan fingerprint density at radius 2 is 1.31 bits per heavy atom. The summed E-state index contributed by atoms with van der Waals surface area (Å²) in [5.74, 6) is 0.0519. The molecule has 0 saturated carbocycles. The zero-order valence-corrected chi connectivity index (χ0v) is 21.9. The summed E-state index contributed by atoms with van der Waals surface area (Å²) < 4.78 is 55.6. The summed E-state index contributed by atoms with van der Waals surface area (Å²) in [7, 11) is -7.91. The van der Waals surface area contributed by atoms with Crippen molar-refractivity contribution in [3.63, 3.8) is 0 Å². The van der Waals surface area contributed by atoms with Gasteiger partial charge in [0, 0.05) is 36.8 Å². The topological polar surface area (TPSA) is 104 Å². The van der Waals surface area contributed by atoms with Crippen LogP contribution in [0.25, 0.3) is 0 Å². The molecule has 1 aliphatic rings. The van der Waals surface area contributed by atoms with E-state index in [1.54, 1.807) is 48.2 Å². The van der Waals surface area contributed by atoms with E-state index in [1.165, 1.54) is 28.6 Å². The number of piperazine rings is 1. The van der Waals surface area contributed by atoms with Crippen molar-refractivity contribution in [1.82, 2.24) is 13.9 Å². The molecule has 1 fully saturated rings. The van der Waals surface area contributed by atoms with Gasteiger partial charge in [0.15, 0.2) is 0 Å². The van der Waals surface area contributed by atoms with Crippen molar-refractivity contribution in [3.05, 3.63) is 91.0 Å². The monoisotopic (exact) mass is 545 g/mol. The van der Waals surface area contributed by atoms with Crippen LogP contribution in [-0.2, 0) is 24.8 Å². The number of rotatable bonds is 9. The average Bonchev–Trinajstić information content (AvgIpc) is 2.92. The van der Waals surface area contributed by atoms with Gasteiger partial charge in [0.1, 0.15) is 6.04 Å². The van der Waals surface area contributed by atoms with E-state index < -0.39 is 32.0 Å². The molecule has 0 spiro atoms.